The van der Waals surface area contributed by atoms with Crippen molar-refractivity contribution in [3.63, 3.8) is 0 Å². The van der Waals surface area contributed by atoms with Gasteiger partial charge in [0.25, 0.3) is 0 Å². The molecule has 3 heteroatoms. The molecule has 0 amide bonds. The van der Waals surface area contributed by atoms with E-state index < -0.39 is 0 Å². The van der Waals surface area contributed by atoms with Crippen molar-refractivity contribution in [2.75, 3.05) is 0 Å². The molecule has 0 saturated heterocycles. The topological polar surface area (TPSA) is 0 Å². The Kier molecular flexibility index (Phi) is 8.04. The van der Waals surface area contributed by atoms with Crippen LogP contribution in [-0.4, -0.2) is 6.71 Å². The van der Waals surface area contributed by atoms with Crippen molar-refractivity contribution >= 4 is 68.2 Å². The van der Waals surface area contributed by atoms with Gasteiger partial charge in [0.1, 0.15) is 0 Å². The lowest BCUT2D eigenvalue weighted by atomic mass is 9.36. The molecule has 8 aromatic rings. The number of hydrogen-bond donors (Lipinski definition) is 0. The average Bonchev–Trinajstić information content (AvgIpc) is 3.18. The van der Waals surface area contributed by atoms with Gasteiger partial charge in [0.15, 0.2) is 0 Å². The molecule has 0 bridgehead atoms. The van der Waals surface area contributed by atoms with E-state index in [0.29, 0.717) is 0 Å². The molecular formula is C52H43BS2. The first-order chi connectivity index (χ1) is 26.5. The van der Waals surface area contributed by atoms with Gasteiger partial charge in [0.2, 0.25) is 6.71 Å². The van der Waals surface area contributed by atoms with E-state index in [1.807, 2.05) is 23.5 Å². The Morgan fingerprint density at radius 1 is 0.364 bits per heavy atom. The van der Waals surface area contributed by atoms with E-state index in [1.165, 1.54) is 102 Å². The van der Waals surface area contributed by atoms with Crippen LogP contribution in [0.1, 0.15) is 52.7 Å². The monoisotopic (exact) mass is 742 g/mol. The third kappa shape index (κ3) is 5.78. The standard InChI is InChI=1S/C52H43BS2/c1-51(2,3)36-24-25-43-45(31-36)55-47-30-34(29-46-50(47)53(43)42-22-14-15-23-44(42)54-46)33-26-35(28-37(27-33)52(4,5)6)49-40-20-12-10-18-38(40)48(32-16-8-7-9-17-32)39-19-11-13-21-41(39)49/h7-31H,1-6H3. The van der Waals surface area contributed by atoms with E-state index in [2.05, 4.69) is 193 Å². The lowest BCUT2D eigenvalue weighted by Gasteiger charge is -2.34. The molecule has 0 saturated carbocycles. The van der Waals surface area contributed by atoms with Crippen LogP contribution in [0.5, 0.6) is 0 Å². The summed E-state index contributed by atoms with van der Waals surface area (Å²) < 4.78 is 0. The van der Waals surface area contributed by atoms with Gasteiger partial charge in [-0.3, -0.25) is 0 Å². The zero-order valence-electron chi connectivity index (χ0n) is 32.3. The van der Waals surface area contributed by atoms with Crippen LogP contribution in [0.25, 0.3) is 54.9 Å². The van der Waals surface area contributed by atoms with Gasteiger partial charge < -0.3 is 0 Å². The van der Waals surface area contributed by atoms with Gasteiger partial charge in [0, 0.05) is 19.6 Å². The van der Waals surface area contributed by atoms with E-state index in [0.717, 1.165) is 0 Å². The van der Waals surface area contributed by atoms with Crippen molar-refractivity contribution in [2.24, 2.45) is 0 Å². The third-order valence-electron chi connectivity index (χ3n) is 11.7. The molecule has 2 heterocycles. The average molecular weight is 743 g/mol. The Labute approximate surface area is 334 Å². The fraction of sp³-hybridized carbons (Fsp3) is 0.154. The van der Waals surface area contributed by atoms with E-state index in [9.17, 15) is 0 Å². The lowest BCUT2D eigenvalue weighted by molar-refractivity contribution is 0.589. The summed E-state index contributed by atoms with van der Waals surface area (Å²) in [5.74, 6) is 0. The predicted octanol–water partition coefficient (Wildman–Crippen LogP) is 13.0. The van der Waals surface area contributed by atoms with E-state index in [-0.39, 0.29) is 17.5 Å². The quantitative estimate of drug-likeness (QED) is 0.131. The first-order valence-corrected chi connectivity index (χ1v) is 21.1. The third-order valence-corrected chi connectivity index (χ3v) is 13.9. The molecule has 8 aromatic carbocycles. The molecule has 55 heavy (non-hydrogen) atoms. The number of benzene rings is 8. The second-order valence-corrected chi connectivity index (χ2v) is 19.5. The maximum absolute atomic E-state index is 2.50. The van der Waals surface area contributed by atoms with Crippen LogP contribution >= 0.6 is 23.5 Å². The largest absolute Gasteiger partial charge is 0.247 e. The van der Waals surface area contributed by atoms with Gasteiger partial charge in [-0.05, 0) is 113 Å². The van der Waals surface area contributed by atoms with Crippen LogP contribution in [-0.2, 0) is 10.8 Å². The van der Waals surface area contributed by atoms with E-state index in [1.54, 1.807) is 0 Å². The van der Waals surface area contributed by atoms with Gasteiger partial charge in [-0.15, -0.1) is 0 Å². The van der Waals surface area contributed by atoms with Crippen LogP contribution in [0.2, 0.25) is 0 Å². The number of hydrogen-bond acceptors (Lipinski definition) is 2. The Hall–Kier alpha value is -4.96. The van der Waals surface area contributed by atoms with Gasteiger partial charge >= 0.3 is 0 Å². The Morgan fingerprint density at radius 3 is 1.47 bits per heavy atom. The molecule has 0 N–H and O–H groups in total. The lowest BCUT2D eigenvalue weighted by Crippen LogP contribution is -2.58. The van der Waals surface area contributed by atoms with Gasteiger partial charge in [-0.1, -0.05) is 197 Å². The van der Waals surface area contributed by atoms with Crippen molar-refractivity contribution in [3.8, 4) is 33.4 Å². The summed E-state index contributed by atoms with van der Waals surface area (Å²) in [5.41, 5.74) is 14.8. The summed E-state index contributed by atoms with van der Waals surface area (Å²) in [4.78, 5) is 5.50. The van der Waals surface area contributed by atoms with Crippen LogP contribution in [0.15, 0.2) is 171 Å². The SMILES string of the molecule is CC(C)(C)c1cc(-c2cc3c4c(c2)Sc2cc(C(C)(C)C)ccc2B4c2ccccc2S3)cc(-c2c3ccccc3c(-c3ccccc3)c3ccccc23)c1. The molecule has 0 aromatic heterocycles. The molecule has 2 aliphatic heterocycles. The second-order valence-electron chi connectivity index (χ2n) is 17.3. The van der Waals surface area contributed by atoms with Gasteiger partial charge in [-0.25, -0.2) is 0 Å². The van der Waals surface area contributed by atoms with Crippen molar-refractivity contribution < 1.29 is 0 Å². The molecule has 10 rings (SSSR count). The minimum atomic E-state index is -0.0430. The molecule has 2 aliphatic rings. The van der Waals surface area contributed by atoms with Gasteiger partial charge in [0.05, 0.1) is 0 Å². The summed E-state index contributed by atoms with van der Waals surface area (Å²) in [6.45, 7) is 14.2. The fourth-order valence-electron chi connectivity index (χ4n) is 8.80. The predicted molar refractivity (Wildman–Crippen MR) is 241 cm³/mol. The summed E-state index contributed by atoms with van der Waals surface area (Å²) in [6.07, 6.45) is 0. The highest BCUT2D eigenvalue weighted by Crippen LogP contribution is 2.47. The molecule has 0 spiro atoms. The van der Waals surface area contributed by atoms with Crippen molar-refractivity contribution in [3.05, 3.63) is 163 Å². The Balaban J connectivity index is 1.22. The molecule has 0 nitrogen and oxygen atoms in total. The Bertz CT molecular complexity index is 2780. The van der Waals surface area contributed by atoms with Crippen molar-refractivity contribution in [1.82, 2.24) is 0 Å². The fourth-order valence-corrected chi connectivity index (χ4v) is 11.3. The number of rotatable bonds is 3. The van der Waals surface area contributed by atoms with Crippen molar-refractivity contribution in [1.29, 1.82) is 0 Å². The smallest absolute Gasteiger partial charge is 0.0911 e. The van der Waals surface area contributed by atoms with Crippen LogP contribution in [0.3, 0.4) is 0 Å². The zero-order chi connectivity index (χ0) is 37.6. The molecule has 0 radical (unpaired) electrons. The highest BCUT2D eigenvalue weighted by atomic mass is 32.2. The van der Waals surface area contributed by atoms with Crippen LogP contribution in [0, 0.1) is 0 Å². The van der Waals surface area contributed by atoms with Crippen LogP contribution in [0.4, 0.5) is 0 Å². The highest BCUT2D eigenvalue weighted by molar-refractivity contribution is 8.01. The first kappa shape index (κ1) is 34.5. The molecule has 0 atom stereocenters. The second kappa shape index (κ2) is 12.8. The minimum absolute atomic E-state index is 0.0430. The number of fused-ring (bicyclic) bond motifs is 6. The summed E-state index contributed by atoms with van der Waals surface area (Å²) in [5, 5.41) is 5.15. The minimum Gasteiger partial charge on any atom is -0.0911 e. The van der Waals surface area contributed by atoms with Crippen LogP contribution < -0.4 is 16.4 Å². The maximum atomic E-state index is 2.50. The zero-order valence-corrected chi connectivity index (χ0v) is 34.0. The molecule has 0 fully saturated rings. The molecule has 0 unspecified atom stereocenters. The molecular weight excluding hydrogens is 700 g/mol. The van der Waals surface area contributed by atoms with Gasteiger partial charge in [-0.2, -0.15) is 0 Å². The maximum Gasteiger partial charge on any atom is 0.247 e. The van der Waals surface area contributed by atoms with Crippen molar-refractivity contribution in [2.45, 2.75) is 72.0 Å². The summed E-state index contributed by atoms with van der Waals surface area (Å²) >= 11 is 3.90. The highest BCUT2D eigenvalue weighted by Gasteiger charge is 2.38. The van der Waals surface area contributed by atoms with E-state index >= 15 is 0 Å². The first-order valence-electron chi connectivity index (χ1n) is 19.5. The Morgan fingerprint density at radius 2 is 0.855 bits per heavy atom. The normalized spacial score (nSPS) is 13.5. The van der Waals surface area contributed by atoms with E-state index in [4.69, 9.17) is 0 Å². The molecule has 0 aliphatic carbocycles. The molecule has 266 valence electrons. The summed E-state index contributed by atoms with van der Waals surface area (Å²) in [6, 6.07) is 57.6. The summed E-state index contributed by atoms with van der Waals surface area (Å²) in [7, 11) is 0.